The highest BCUT2D eigenvalue weighted by Crippen LogP contribution is 2.59. The number of alkyl halides is 2. The maximum Gasteiger partial charge on any atom is 0.399 e. The number of nitrogens with zero attached hydrogens (tertiary/aromatic N) is 2. The Hall–Kier alpha value is -3.71. The second-order valence-corrected chi connectivity index (χ2v) is 16.3. The third-order valence-corrected chi connectivity index (χ3v) is 11.1. The summed E-state index contributed by atoms with van der Waals surface area (Å²) < 4.78 is 40.4. The monoisotopic (exact) mass is 705 g/mol. The fraction of sp³-hybridized carbons (Fsp3) is 0.455. The van der Waals surface area contributed by atoms with Crippen molar-refractivity contribution < 1.29 is 47.4 Å². The van der Waals surface area contributed by atoms with E-state index in [4.69, 9.17) is 9.79 Å². The lowest BCUT2D eigenvalue weighted by molar-refractivity contribution is -0.151. The summed E-state index contributed by atoms with van der Waals surface area (Å²) in [6, 6.07) is 11.9. The van der Waals surface area contributed by atoms with Gasteiger partial charge in [0.25, 0.3) is 5.91 Å². The Balaban J connectivity index is 1.35. The summed E-state index contributed by atoms with van der Waals surface area (Å²) in [5, 5.41) is 12.8. The largest absolute Gasteiger partial charge is 0.481 e. The van der Waals surface area contributed by atoms with Gasteiger partial charge in [-0.25, -0.2) is 0 Å². The molecule has 11 nitrogen and oxygen atoms in total. The molecule has 2 aliphatic heterocycles. The van der Waals surface area contributed by atoms with E-state index < -0.39 is 60.0 Å². The highest BCUT2D eigenvalue weighted by atomic mass is 32.1. The zero-order valence-electron chi connectivity index (χ0n) is 26.6. The van der Waals surface area contributed by atoms with Crippen LogP contribution >= 0.6 is 18.9 Å². The smallest absolute Gasteiger partial charge is 0.399 e. The number of carbonyl (C=O) groups excluding carboxylic acids is 3. The molecule has 4 N–H and O–H groups in total. The van der Waals surface area contributed by atoms with E-state index in [1.165, 1.54) is 17.0 Å². The predicted octanol–water partition coefficient (Wildman–Crippen LogP) is 4.98. The van der Waals surface area contributed by atoms with Crippen LogP contribution in [0.25, 0.3) is 10.1 Å². The van der Waals surface area contributed by atoms with Gasteiger partial charge in [-0.2, -0.15) is 8.78 Å². The summed E-state index contributed by atoms with van der Waals surface area (Å²) in [5.41, 5.74) is -5.18. The highest BCUT2D eigenvalue weighted by molar-refractivity contribution is 7.52. The van der Waals surface area contributed by atoms with Gasteiger partial charge >= 0.3 is 19.2 Å². The average molecular weight is 706 g/mol. The van der Waals surface area contributed by atoms with E-state index in [1.807, 2.05) is 30.3 Å². The maximum atomic E-state index is 14.3. The van der Waals surface area contributed by atoms with Crippen LogP contribution in [0.4, 0.5) is 8.78 Å². The number of hydrogen-bond acceptors (Lipinski definition) is 6. The molecule has 0 saturated carbocycles. The van der Waals surface area contributed by atoms with Crippen LogP contribution < -0.4 is 5.32 Å². The Morgan fingerprint density at radius 3 is 2.33 bits per heavy atom. The van der Waals surface area contributed by atoms with Gasteiger partial charge in [0.15, 0.2) is 0 Å². The van der Waals surface area contributed by atoms with Gasteiger partial charge < -0.3 is 30.0 Å². The van der Waals surface area contributed by atoms with E-state index in [0.717, 1.165) is 29.0 Å². The molecule has 0 spiro atoms. The fourth-order valence-corrected chi connectivity index (χ4v) is 7.87. The van der Waals surface area contributed by atoms with E-state index in [9.17, 15) is 37.6 Å². The number of halogens is 2. The third kappa shape index (κ3) is 7.17. The van der Waals surface area contributed by atoms with Crippen LogP contribution in [0.5, 0.6) is 0 Å². The van der Waals surface area contributed by atoms with E-state index in [2.05, 4.69) is 5.32 Å². The lowest BCUT2D eigenvalue weighted by Crippen LogP contribution is -2.59. The van der Waals surface area contributed by atoms with Crippen molar-refractivity contribution in [3.63, 3.8) is 0 Å². The molecular weight excluding hydrogens is 667 g/mol. The Morgan fingerprint density at radius 1 is 1.02 bits per heavy atom. The summed E-state index contributed by atoms with van der Waals surface area (Å²) in [4.78, 5) is 75.0. The molecule has 0 bridgehead atoms. The van der Waals surface area contributed by atoms with Crippen LogP contribution in [0.3, 0.4) is 0 Å². The zero-order valence-corrected chi connectivity index (χ0v) is 28.3. The summed E-state index contributed by atoms with van der Waals surface area (Å²) in [6.07, 6.45) is 1.32. The lowest BCUT2D eigenvalue weighted by atomic mass is 9.84. The van der Waals surface area contributed by atoms with Crippen molar-refractivity contribution >= 4 is 52.7 Å². The average Bonchev–Trinajstić information content (AvgIpc) is 3.69. The Bertz CT molecular complexity index is 1770. The van der Waals surface area contributed by atoms with Crippen LogP contribution in [0, 0.1) is 11.3 Å². The topological polar surface area (TPSA) is 165 Å². The first-order valence-corrected chi connectivity index (χ1v) is 18.0. The molecule has 4 atom stereocenters. The molecule has 2 saturated heterocycles. The molecule has 3 unspecified atom stereocenters. The van der Waals surface area contributed by atoms with Gasteiger partial charge in [0.2, 0.25) is 11.8 Å². The fourth-order valence-electron chi connectivity index (χ4n) is 6.45. The van der Waals surface area contributed by atoms with Gasteiger partial charge in [0.1, 0.15) is 12.1 Å². The number of nitrogens with one attached hydrogen (secondary N) is 1. The Morgan fingerprint density at radius 2 is 1.71 bits per heavy atom. The molecule has 2 aliphatic rings. The molecule has 5 rings (SSSR count). The molecule has 2 fully saturated rings. The zero-order chi connectivity index (χ0) is 35.2. The number of carboxylic acids is 1. The van der Waals surface area contributed by atoms with Gasteiger partial charge in [0.05, 0.1) is 10.8 Å². The van der Waals surface area contributed by atoms with Crippen molar-refractivity contribution in [1.29, 1.82) is 0 Å². The van der Waals surface area contributed by atoms with E-state index in [0.29, 0.717) is 30.5 Å². The number of amides is 3. The van der Waals surface area contributed by atoms with Crippen molar-refractivity contribution in [1.82, 2.24) is 15.1 Å². The van der Waals surface area contributed by atoms with Gasteiger partial charge in [-0.1, -0.05) is 57.2 Å². The van der Waals surface area contributed by atoms with Crippen LogP contribution in [0.2, 0.25) is 0 Å². The number of likely N-dealkylation sites (tertiary alicyclic amines) is 2. The summed E-state index contributed by atoms with van der Waals surface area (Å²) in [7, 11) is -5.79. The molecule has 2 aromatic carbocycles. The molecule has 0 aliphatic carbocycles. The number of rotatable bonds is 8. The third-order valence-electron chi connectivity index (χ3n) is 9.05. The van der Waals surface area contributed by atoms with Gasteiger partial charge in [-0.05, 0) is 53.8 Å². The summed E-state index contributed by atoms with van der Waals surface area (Å²) in [5.74, 6) is -3.39. The quantitative estimate of drug-likeness (QED) is 0.239. The molecule has 0 radical (unpaired) electrons. The number of carbonyl (C=O) groups is 4. The second-order valence-electron chi connectivity index (χ2n) is 13.5. The van der Waals surface area contributed by atoms with E-state index in [-0.39, 0.29) is 35.2 Å². The Kier molecular flexibility index (Phi) is 9.86. The highest BCUT2D eigenvalue weighted by Gasteiger charge is 2.50. The second kappa shape index (κ2) is 13.3. The number of piperidine rings is 1. The molecular formula is C33H38F2N3O8PS. The van der Waals surface area contributed by atoms with Gasteiger partial charge in [0, 0.05) is 35.8 Å². The SMILES string of the molecule is CC(C)(C)C(NC(=O)c1cc2cc(C(F)(F)P(=O)(O)O)ccc2s1)C(=O)N1CCC[C@H]1C(=O)N1CC(C(=O)O)CC(c2ccccc2)C1. The minimum absolute atomic E-state index is 0.0310. The molecule has 3 amide bonds. The van der Waals surface area contributed by atoms with Crippen molar-refractivity contribution in [2.45, 2.75) is 63.7 Å². The summed E-state index contributed by atoms with van der Waals surface area (Å²) >= 11 is 0.969. The van der Waals surface area contributed by atoms with E-state index >= 15 is 0 Å². The minimum atomic E-state index is -5.79. The standard InChI is InChI=1S/C33H38F2N3O8PS/c1-32(2,3)27(36-28(39)26-16-20-15-23(11-12-25(20)48-26)33(34,35)47(44,45)46)30(41)38-13-7-10-24(38)29(40)37-17-21(14-22(18-37)31(42)43)19-8-5-4-6-9-19/h4-6,8-9,11-12,15-16,21-22,24,27H,7,10,13-14,17-18H2,1-3H3,(H,36,39)(H,42,43)(H2,44,45,46)/t21?,22?,24-,27?/m0/s1. The van der Waals surface area contributed by atoms with Crippen molar-refractivity contribution in [2.75, 3.05) is 19.6 Å². The van der Waals surface area contributed by atoms with Crippen molar-refractivity contribution in [2.24, 2.45) is 11.3 Å². The van der Waals surface area contributed by atoms with Crippen LogP contribution in [0.1, 0.15) is 66.8 Å². The van der Waals surface area contributed by atoms with Crippen LogP contribution in [-0.2, 0) is 24.6 Å². The first kappa shape index (κ1) is 35.6. The summed E-state index contributed by atoms with van der Waals surface area (Å²) in [6.45, 7) is 5.90. The molecule has 3 heterocycles. The van der Waals surface area contributed by atoms with Crippen LogP contribution in [-0.4, -0.2) is 80.1 Å². The van der Waals surface area contributed by atoms with Crippen molar-refractivity contribution in [3.8, 4) is 0 Å². The normalized spacial score (nSPS) is 21.3. The molecule has 3 aromatic rings. The minimum Gasteiger partial charge on any atom is -0.481 e. The lowest BCUT2D eigenvalue weighted by Gasteiger charge is -2.40. The molecule has 48 heavy (non-hydrogen) atoms. The van der Waals surface area contributed by atoms with Crippen LogP contribution in [0.15, 0.2) is 54.6 Å². The number of fused-ring (bicyclic) bond motifs is 1. The van der Waals surface area contributed by atoms with E-state index in [1.54, 1.807) is 25.7 Å². The predicted molar refractivity (Wildman–Crippen MR) is 175 cm³/mol. The number of thiophene rings is 1. The number of carboxylic acid groups (broad SMARTS) is 1. The first-order chi connectivity index (χ1) is 22.4. The number of hydrogen-bond donors (Lipinski definition) is 4. The van der Waals surface area contributed by atoms with Gasteiger partial charge in [-0.3, -0.25) is 23.7 Å². The van der Waals surface area contributed by atoms with Crippen molar-refractivity contribution in [3.05, 3.63) is 70.6 Å². The first-order valence-electron chi connectivity index (χ1n) is 15.5. The van der Waals surface area contributed by atoms with Gasteiger partial charge in [-0.15, -0.1) is 11.3 Å². The molecule has 258 valence electrons. The number of benzene rings is 2. The molecule has 15 heteroatoms. The number of aliphatic carboxylic acids is 1. The maximum absolute atomic E-state index is 14.3. The Labute approximate surface area is 280 Å². The molecule has 1 aromatic heterocycles.